The van der Waals surface area contributed by atoms with Gasteiger partial charge in [-0.2, -0.15) is 0 Å². The summed E-state index contributed by atoms with van der Waals surface area (Å²) < 4.78 is 28.0. The van der Waals surface area contributed by atoms with Gasteiger partial charge in [0.15, 0.2) is 0 Å². The molecule has 3 rings (SSSR count). The highest BCUT2D eigenvalue weighted by atomic mass is 35.5. The summed E-state index contributed by atoms with van der Waals surface area (Å²) in [6.45, 7) is 0.335. The topological polar surface area (TPSA) is 29.3 Å². The SMILES string of the molecule is Fc1ccc(NCc2cn3cc(Cl)ccc3n2)c(F)c1. The Labute approximate surface area is 118 Å². The lowest BCUT2D eigenvalue weighted by atomic mass is 10.3. The zero-order valence-corrected chi connectivity index (χ0v) is 11.0. The van der Waals surface area contributed by atoms with Crippen LogP contribution in [0.1, 0.15) is 5.69 Å². The Hall–Kier alpha value is -2.14. The number of fused-ring (bicyclic) bond motifs is 1. The summed E-state index contributed by atoms with van der Waals surface area (Å²) in [6.07, 6.45) is 3.54. The molecule has 0 atom stereocenters. The molecule has 0 fully saturated rings. The Morgan fingerprint density at radius 2 is 2.00 bits per heavy atom. The first-order valence-electron chi connectivity index (χ1n) is 5.94. The number of hydrogen-bond donors (Lipinski definition) is 1. The van der Waals surface area contributed by atoms with Gasteiger partial charge in [-0.3, -0.25) is 0 Å². The quantitative estimate of drug-likeness (QED) is 0.794. The summed E-state index contributed by atoms with van der Waals surface area (Å²) in [5, 5.41) is 3.49. The molecule has 1 N–H and O–H groups in total. The molecule has 2 aromatic heterocycles. The molecule has 2 heterocycles. The molecule has 0 saturated carbocycles. The molecule has 0 amide bonds. The van der Waals surface area contributed by atoms with Gasteiger partial charge in [0.05, 0.1) is 22.9 Å². The van der Waals surface area contributed by atoms with Gasteiger partial charge < -0.3 is 9.72 Å². The normalized spacial score (nSPS) is 10.9. The van der Waals surface area contributed by atoms with E-state index in [1.165, 1.54) is 12.1 Å². The Morgan fingerprint density at radius 1 is 1.15 bits per heavy atom. The Balaban J connectivity index is 1.79. The summed E-state index contributed by atoms with van der Waals surface area (Å²) in [4.78, 5) is 4.36. The van der Waals surface area contributed by atoms with Gasteiger partial charge >= 0.3 is 0 Å². The van der Waals surface area contributed by atoms with Gasteiger partial charge in [0.25, 0.3) is 0 Å². The van der Waals surface area contributed by atoms with E-state index in [9.17, 15) is 8.78 Å². The van der Waals surface area contributed by atoms with Crippen LogP contribution in [0.4, 0.5) is 14.5 Å². The van der Waals surface area contributed by atoms with E-state index in [0.29, 0.717) is 11.6 Å². The van der Waals surface area contributed by atoms with Crippen molar-refractivity contribution in [3.05, 3.63) is 65.1 Å². The zero-order chi connectivity index (χ0) is 14.1. The van der Waals surface area contributed by atoms with E-state index in [1.54, 1.807) is 28.9 Å². The van der Waals surface area contributed by atoms with Crippen LogP contribution in [0.5, 0.6) is 0 Å². The van der Waals surface area contributed by atoms with E-state index in [-0.39, 0.29) is 5.69 Å². The van der Waals surface area contributed by atoms with Crippen molar-refractivity contribution < 1.29 is 8.78 Å². The second-order valence-electron chi connectivity index (χ2n) is 4.32. The highest BCUT2D eigenvalue weighted by Gasteiger charge is 2.05. The highest BCUT2D eigenvalue weighted by molar-refractivity contribution is 6.30. The Bertz CT molecular complexity index is 770. The minimum Gasteiger partial charge on any atom is -0.377 e. The average molecular weight is 294 g/mol. The third kappa shape index (κ3) is 2.58. The van der Waals surface area contributed by atoms with E-state index in [2.05, 4.69) is 10.3 Å². The summed E-state index contributed by atoms with van der Waals surface area (Å²) in [7, 11) is 0. The number of rotatable bonds is 3. The molecule has 3 aromatic rings. The molecule has 0 bridgehead atoms. The lowest BCUT2D eigenvalue weighted by molar-refractivity contribution is 0.585. The summed E-state index contributed by atoms with van der Waals surface area (Å²) in [5.74, 6) is -1.23. The van der Waals surface area contributed by atoms with Crippen molar-refractivity contribution in [1.82, 2.24) is 9.38 Å². The van der Waals surface area contributed by atoms with E-state index in [0.717, 1.165) is 17.4 Å². The lowest BCUT2D eigenvalue weighted by Crippen LogP contribution is -2.01. The molecule has 0 aliphatic heterocycles. The number of pyridine rings is 1. The first-order chi connectivity index (χ1) is 9.61. The smallest absolute Gasteiger partial charge is 0.149 e. The molecule has 1 aromatic carbocycles. The minimum atomic E-state index is -0.628. The third-order valence-electron chi connectivity index (χ3n) is 2.86. The number of benzene rings is 1. The first-order valence-corrected chi connectivity index (χ1v) is 6.32. The predicted molar refractivity (Wildman–Crippen MR) is 73.9 cm³/mol. The maximum Gasteiger partial charge on any atom is 0.149 e. The number of halogens is 3. The number of nitrogens with zero attached hydrogens (tertiary/aromatic N) is 2. The zero-order valence-electron chi connectivity index (χ0n) is 10.3. The fourth-order valence-corrected chi connectivity index (χ4v) is 2.09. The van der Waals surface area contributed by atoms with Gasteiger partial charge in [-0.15, -0.1) is 0 Å². The molecule has 3 nitrogen and oxygen atoms in total. The van der Waals surface area contributed by atoms with Crippen molar-refractivity contribution >= 4 is 22.9 Å². The molecule has 0 unspecified atom stereocenters. The number of anilines is 1. The standard InChI is InChI=1S/C14H10ClF2N3/c15-9-1-4-14-19-11(8-20(14)7-9)6-18-13-3-2-10(16)5-12(13)17/h1-5,7-8,18H,6H2. The van der Waals surface area contributed by atoms with Crippen molar-refractivity contribution in [2.45, 2.75) is 6.54 Å². The molecule has 0 aliphatic rings. The largest absolute Gasteiger partial charge is 0.377 e. The molecule has 0 radical (unpaired) electrons. The second kappa shape index (κ2) is 5.09. The monoisotopic (exact) mass is 293 g/mol. The van der Waals surface area contributed by atoms with E-state index in [1.807, 2.05) is 0 Å². The van der Waals surface area contributed by atoms with Crippen LogP contribution in [-0.4, -0.2) is 9.38 Å². The molecule has 102 valence electrons. The van der Waals surface area contributed by atoms with Crippen LogP contribution in [-0.2, 0) is 6.54 Å². The van der Waals surface area contributed by atoms with Gasteiger partial charge in [0.1, 0.15) is 17.3 Å². The van der Waals surface area contributed by atoms with Crippen LogP contribution in [0.2, 0.25) is 5.02 Å². The fourth-order valence-electron chi connectivity index (χ4n) is 1.92. The van der Waals surface area contributed by atoms with E-state index < -0.39 is 11.6 Å². The Morgan fingerprint density at radius 3 is 2.80 bits per heavy atom. The maximum atomic E-state index is 13.5. The summed E-state index contributed by atoms with van der Waals surface area (Å²) in [5.41, 5.74) is 1.73. The molecule has 20 heavy (non-hydrogen) atoms. The second-order valence-corrected chi connectivity index (χ2v) is 4.76. The number of nitrogens with one attached hydrogen (secondary N) is 1. The number of aromatic nitrogens is 2. The van der Waals surface area contributed by atoms with Crippen molar-refractivity contribution in [3.8, 4) is 0 Å². The molecule has 0 saturated heterocycles. The van der Waals surface area contributed by atoms with E-state index in [4.69, 9.17) is 11.6 Å². The first kappa shape index (κ1) is 12.9. The molecular formula is C14H10ClF2N3. The molecule has 6 heteroatoms. The molecular weight excluding hydrogens is 284 g/mol. The number of imidazole rings is 1. The van der Waals surface area contributed by atoms with Gasteiger partial charge in [-0.05, 0) is 24.3 Å². The van der Waals surface area contributed by atoms with Crippen molar-refractivity contribution in [2.75, 3.05) is 5.32 Å². The van der Waals surface area contributed by atoms with Gasteiger partial charge in [-0.25, -0.2) is 13.8 Å². The fraction of sp³-hybridized carbons (Fsp3) is 0.0714. The molecule has 0 aliphatic carbocycles. The van der Waals surface area contributed by atoms with Crippen molar-refractivity contribution in [2.24, 2.45) is 0 Å². The predicted octanol–water partition coefficient (Wildman–Crippen LogP) is 3.88. The van der Waals surface area contributed by atoms with Gasteiger partial charge in [0, 0.05) is 18.5 Å². The van der Waals surface area contributed by atoms with Crippen molar-refractivity contribution in [1.29, 1.82) is 0 Å². The van der Waals surface area contributed by atoms with Crippen molar-refractivity contribution in [3.63, 3.8) is 0 Å². The summed E-state index contributed by atoms with van der Waals surface area (Å²) in [6, 6.07) is 6.95. The average Bonchev–Trinajstić information content (AvgIpc) is 2.79. The van der Waals surface area contributed by atoms with Crippen LogP contribution in [0.15, 0.2) is 42.7 Å². The highest BCUT2D eigenvalue weighted by Crippen LogP contribution is 2.17. The van der Waals surface area contributed by atoms with Gasteiger partial charge in [-0.1, -0.05) is 11.6 Å². The van der Waals surface area contributed by atoms with Crippen LogP contribution in [0, 0.1) is 11.6 Å². The van der Waals surface area contributed by atoms with Crippen LogP contribution in [0.3, 0.4) is 0 Å². The summed E-state index contributed by atoms with van der Waals surface area (Å²) >= 11 is 5.89. The van der Waals surface area contributed by atoms with Crippen LogP contribution >= 0.6 is 11.6 Å². The molecule has 0 spiro atoms. The third-order valence-corrected chi connectivity index (χ3v) is 3.08. The minimum absolute atomic E-state index is 0.237. The number of hydrogen-bond acceptors (Lipinski definition) is 2. The van der Waals surface area contributed by atoms with Crippen LogP contribution in [0.25, 0.3) is 5.65 Å². The van der Waals surface area contributed by atoms with E-state index >= 15 is 0 Å². The maximum absolute atomic E-state index is 13.5. The van der Waals surface area contributed by atoms with Gasteiger partial charge in [0.2, 0.25) is 0 Å². The lowest BCUT2D eigenvalue weighted by Gasteiger charge is -2.05. The Kier molecular flexibility index (Phi) is 3.28. The van der Waals surface area contributed by atoms with Crippen LogP contribution < -0.4 is 5.32 Å².